The molecule has 0 atom stereocenters. The number of hydrogen-bond acceptors (Lipinski definition) is 6. The van der Waals surface area contributed by atoms with Gasteiger partial charge in [0.15, 0.2) is 11.5 Å². The summed E-state index contributed by atoms with van der Waals surface area (Å²) in [4.78, 5) is 38.5. The van der Waals surface area contributed by atoms with Gasteiger partial charge < -0.3 is 24.4 Å². The molecule has 0 aromatic heterocycles. The summed E-state index contributed by atoms with van der Waals surface area (Å²) < 4.78 is 16.9. The molecule has 8 nitrogen and oxygen atoms in total. The lowest BCUT2D eigenvalue weighted by atomic mass is 9.88. The van der Waals surface area contributed by atoms with Crippen molar-refractivity contribution in [2.75, 3.05) is 25.6 Å². The van der Waals surface area contributed by atoms with E-state index in [0.29, 0.717) is 48.9 Å². The number of rotatable bonds is 10. The van der Waals surface area contributed by atoms with Gasteiger partial charge in [-0.3, -0.25) is 9.59 Å². The number of ketones is 1. The third-order valence-corrected chi connectivity index (χ3v) is 6.75. The Morgan fingerprint density at radius 1 is 1.06 bits per heavy atom. The Labute approximate surface area is 211 Å². The minimum absolute atomic E-state index is 0.0320. The van der Waals surface area contributed by atoms with Gasteiger partial charge in [0.25, 0.3) is 0 Å². The quantitative estimate of drug-likeness (QED) is 0.470. The van der Waals surface area contributed by atoms with Gasteiger partial charge in [0.2, 0.25) is 5.91 Å². The third kappa shape index (κ3) is 6.36. The first-order valence-corrected chi connectivity index (χ1v) is 12.7. The highest BCUT2D eigenvalue weighted by molar-refractivity contribution is 5.92. The molecule has 1 heterocycles. The molecular formula is C28H34N2O6. The Balaban J connectivity index is 1.60. The predicted octanol–water partition coefficient (Wildman–Crippen LogP) is 5.48. The zero-order valence-electron chi connectivity index (χ0n) is 21.0. The van der Waals surface area contributed by atoms with E-state index in [1.165, 1.54) is 6.42 Å². The summed E-state index contributed by atoms with van der Waals surface area (Å²) in [5.41, 5.74) is 2.22. The maximum atomic E-state index is 12.8. The van der Waals surface area contributed by atoms with E-state index in [1.54, 1.807) is 36.3 Å². The molecule has 2 aromatic carbocycles. The molecule has 1 saturated carbocycles. The molecule has 0 unspecified atom stereocenters. The summed E-state index contributed by atoms with van der Waals surface area (Å²) in [5.74, 6) is 1.74. The normalized spacial score (nSPS) is 15.9. The fourth-order valence-electron chi connectivity index (χ4n) is 4.65. The van der Waals surface area contributed by atoms with Gasteiger partial charge in [0, 0.05) is 30.0 Å². The van der Waals surface area contributed by atoms with Crippen molar-refractivity contribution >= 4 is 23.5 Å². The first-order chi connectivity index (χ1) is 17.5. The van der Waals surface area contributed by atoms with E-state index in [4.69, 9.17) is 14.2 Å². The Bertz CT molecular complexity index is 1110. The van der Waals surface area contributed by atoms with Crippen LogP contribution < -0.4 is 14.8 Å². The molecule has 2 fully saturated rings. The Kier molecular flexibility index (Phi) is 8.46. The smallest absolute Gasteiger partial charge is 0.410 e. The fourth-order valence-corrected chi connectivity index (χ4v) is 4.65. The first kappa shape index (κ1) is 25.5. The van der Waals surface area contributed by atoms with Crippen molar-refractivity contribution in [3.63, 3.8) is 0 Å². The second-order valence-electron chi connectivity index (χ2n) is 9.34. The molecule has 192 valence electrons. The lowest BCUT2D eigenvalue weighted by molar-refractivity contribution is -0.121. The van der Waals surface area contributed by atoms with E-state index in [0.717, 1.165) is 36.8 Å². The van der Waals surface area contributed by atoms with E-state index in [9.17, 15) is 14.4 Å². The van der Waals surface area contributed by atoms with Crippen molar-refractivity contribution in [2.24, 2.45) is 5.92 Å². The average Bonchev–Trinajstić information content (AvgIpc) is 3.30. The molecule has 1 N–H and O–H groups in total. The number of nitrogens with zero attached hydrogens (tertiary/aromatic N) is 1. The molecule has 4 rings (SSSR count). The molecule has 0 spiro atoms. The van der Waals surface area contributed by atoms with Crippen molar-refractivity contribution in [3.05, 3.63) is 47.5 Å². The van der Waals surface area contributed by atoms with Crippen LogP contribution in [-0.2, 0) is 27.3 Å². The molecule has 36 heavy (non-hydrogen) atoms. The molecule has 1 saturated heterocycles. The van der Waals surface area contributed by atoms with Gasteiger partial charge in [0.05, 0.1) is 20.2 Å². The van der Waals surface area contributed by atoms with Gasteiger partial charge in [0.1, 0.15) is 18.1 Å². The maximum absolute atomic E-state index is 12.8. The SMILES string of the molecule is CCC(=O)Cc1ccc(OC)c(Oc2ccc(NC(=O)C3CCCCC3)cc2CN2CCOC2=O)c1. The Morgan fingerprint density at radius 3 is 2.53 bits per heavy atom. The second-order valence-corrected chi connectivity index (χ2v) is 9.34. The molecule has 8 heteroatoms. The summed E-state index contributed by atoms with van der Waals surface area (Å²) in [6.45, 7) is 2.94. The number of benzene rings is 2. The number of carbonyl (C=O) groups excluding carboxylic acids is 3. The van der Waals surface area contributed by atoms with Crippen LogP contribution in [0.4, 0.5) is 10.5 Å². The molecule has 2 aromatic rings. The van der Waals surface area contributed by atoms with Gasteiger partial charge in [-0.1, -0.05) is 32.3 Å². The molecular weight excluding hydrogens is 460 g/mol. The van der Waals surface area contributed by atoms with E-state index >= 15 is 0 Å². The number of nitrogens with one attached hydrogen (secondary N) is 1. The van der Waals surface area contributed by atoms with Gasteiger partial charge in [-0.2, -0.15) is 0 Å². The number of anilines is 1. The summed E-state index contributed by atoms with van der Waals surface area (Å²) in [6, 6.07) is 10.9. The monoisotopic (exact) mass is 494 g/mol. The van der Waals surface area contributed by atoms with Crippen LogP contribution in [-0.4, -0.2) is 42.9 Å². The van der Waals surface area contributed by atoms with E-state index in [1.807, 2.05) is 19.1 Å². The largest absolute Gasteiger partial charge is 0.493 e. The van der Waals surface area contributed by atoms with E-state index < -0.39 is 0 Å². The number of cyclic esters (lactones) is 1. The van der Waals surface area contributed by atoms with Crippen LogP contribution in [0, 0.1) is 5.92 Å². The highest BCUT2D eigenvalue weighted by atomic mass is 16.6. The van der Waals surface area contributed by atoms with Crippen LogP contribution >= 0.6 is 0 Å². The topological polar surface area (TPSA) is 94.2 Å². The van der Waals surface area contributed by atoms with Crippen molar-refractivity contribution in [3.8, 4) is 17.2 Å². The standard InChI is InChI=1S/C28H34N2O6/c1-3-23(31)15-19-9-11-25(34-2)26(16-19)36-24-12-10-22(29-27(32)20-7-5-4-6-8-20)17-21(24)18-30-13-14-35-28(30)33/h9-12,16-17,20H,3-8,13-15,18H2,1-2H3,(H,29,32). The number of hydrogen-bond donors (Lipinski definition) is 1. The fraction of sp³-hybridized carbons (Fsp3) is 0.464. The molecule has 0 radical (unpaired) electrons. The maximum Gasteiger partial charge on any atom is 0.410 e. The average molecular weight is 495 g/mol. The highest BCUT2D eigenvalue weighted by Crippen LogP contribution is 2.36. The molecule has 1 aliphatic carbocycles. The van der Waals surface area contributed by atoms with Crippen LogP contribution in [0.15, 0.2) is 36.4 Å². The Morgan fingerprint density at radius 2 is 1.83 bits per heavy atom. The second kappa shape index (κ2) is 11.9. The highest BCUT2D eigenvalue weighted by Gasteiger charge is 2.25. The van der Waals surface area contributed by atoms with Crippen LogP contribution in [0.2, 0.25) is 0 Å². The lowest BCUT2D eigenvalue weighted by Gasteiger charge is -2.22. The number of Topliss-reactive ketones (excluding diaryl/α,β-unsaturated/α-hetero) is 1. The summed E-state index contributed by atoms with van der Waals surface area (Å²) >= 11 is 0. The van der Waals surface area contributed by atoms with Crippen LogP contribution in [0.3, 0.4) is 0 Å². The number of carbonyl (C=O) groups is 3. The Hall–Kier alpha value is -3.55. The summed E-state index contributed by atoms with van der Waals surface area (Å²) in [7, 11) is 1.56. The van der Waals surface area contributed by atoms with Crippen LogP contribution in [0.5, 0.6) is 17.2 Å². The van der Waals surface area contributed by atoms with Gasteiger partial charge in [-0.25, -0.2) is 4.79 Å². The zero-order chi connectivity index (χ0) is 25.5. The minimum atomic E-state index is -0.379. The minimum Gasteiger partial charge on any atom is -0.493 e. The van der Waals surface area contributed by atoms with E-state index in [-0.39, 0.29) is 30.2 Å². The zero-order valence-corrected chi connectivity index (χ0v) is 21.0. The van der Waals surface area contributed by atoms with Gasteiger partial charge in [-0.15, -0.1) is 0 Å². The van der Waals surface area contributed by atoms with E-state index in [2.05, 4.69) is 5.32 Å². The first-order valence-electron chi connectivity index (χ1n) is 12.7. The van der Waals surface area contributed by atoms with Crippen molar-refractivity contribution in [1.82, 2.24) is 4.90 Å². The number of amides is 2. The van der Waals surface area contributed by atoms with Gasteiger partial charge >= 0.3 is 6.09 Å². The summed E-state index contributed by atoms with van der Waals surface area (Å²) in [5, 5.41) is 3.05. The van der Waals surface area contributed by atoms with Crippen LogP contribution in [0.25, 0.3) is 0 Å². The molecule has 2 amide bonds. The van der Waals surface area contributed by atoms with Crippen molar-refractivity contribution < 1.29 is 28.6 Å². The van der Waals surface area contributed by atoms with Crippen molar-refractivity contribution in [2.45, 2.75) is 58.4 Å². The van der Waals surface area contributed by atoms with Crippen molar-refractivity contribution in [1.29, 1.82) is 0 Å². The molecule has 0 bridgehead atoms. The lowest BCUT2D eigenvalue weighted by Crippen LogP contribution is -2.25. The number of ether oxygens (including phenoxy) is 3. The summed E-state index contributed by atoms with van der Waals surface area (Å²) in [6.07, 6.45) is 5.57. The van der Waals surface area contributed by atoms with Gasteiger partial charge in [-0.05, 0) is 48.7 Å². The third-order valence-electron chi connectivity index (χ3n) is 6.75. The van der Waals surface area contributed by atoms with Crippen LogP contribution in [0.1, 0.15) is 56.6 Å². The molecule has 2 aliphatic rings. The molecule has 1 aliphatic heterocycles. The predicted molar refractivity (Wildman–Crippen MR) is 135 cm³/mol. The number of methoxy groups -OCH3 is 1.